The van der Waals surface area contributed by atoms with Crippen LogP contribution in [-0.4, -0.2) is 37.1 Å². The molecular formula is C14H27NO2. The summed E-state index contributed by atoms with van der Waals surface area (Å²) in [4.78, 5) is 13.8. The Kier molecular flexibility index (Phi) is 7.25. The largest absolute Gasteiger partial charge is 0.465 e. The van der Waals surface area contributed by atoms with Gasteiger partial charge in [-0.05, 0) is 38.3 Å². The predicted octanol–water partition coefficient (Wildman–Crippen LogP) is 2.84. The number of rotatable bonds is 7. The van der Waals surface area contributed by atoms with Crippen LogP contribution in [0.4, 0.5) is 0 Å². The van der Waals surface area contributed by atoms with Gasteiger partial charge in [0.05, 0.1) is 13.2 Å². The summed E-state index contributed by atoms with van der Waals surface area (Å²) in [7, 11) is 0. The van der Waals surface area contributed by atoms with E-state index in [1.165, 1.54) is 32.1 Å². The third-order valence-corrected chi connectivity index (χ3v) is 3.49. The van der Waals surface area contributed by atoms with Crippen LogP contribution in [0.25, 0.3) is 0 Å². The molecule has 0 atom stereocenters. The summed E-state index contributed by atoms with van der Waals surface area (Å²) in [6.07, 6.45) is 7.07. The van der Waals surface area contributed by atoms with Gasteiger partial charge in [0.1, 0.15) is 0 Å². The lowest BCUT2D eigenvalue weighted by atomic mass is 9.99. The van der Waals surface area contributed by atoms with Crippen LogP contribution in [0.5, 0.6) is 0 Å². The number of hydrogen-bond acceptors (Lipinski definition) is 3. The number of piperidine rings is 1. The zero-order valence-corrected chi connectivity index (χ0v) is 11.4. The van der Waals surface area contributed by atoms with E-state index in [2.05, 4.69) is 18.7 Å². The number of hydrogen-bond donors (Lipinski definition) is 0. The molecule has 3 nitrogen and oxygen atoms in total. The number of unbranched alkanes of at least 4 members (excludes halogenated alkanes) is 3. The molecular weight excluding hydrogens is 214 g/mol. The average molecular weight is 241 g/mol. The van der Waals surface area contributed by atoms with Gasteiger partial charge in [0.15, 0.2) is 0 Å². The Morgan fingerprint density at radius 1 is 1.24 bits per heavy atom. The molecule has 1 aliphatic heterocycles. The van der Waals surface area contributed by atoms with Gasteiger partial charge >= 0.3 is 5.97 Å². The SMILES string of the molecule is CCCCCCOC(=O)CN1CCC(C)CC1. The molecule has 0 saturated carbocycles. The van der Waals surface area contributed by atoms with E-state index >= 15 is 0 Å². The molecule has 1 heterocycles. The summed E-state index contributed by atoms with van der Waals surface area (Å²) >= 11 is 0. The van der Waals surface area contributed by atoms with Gasteiger partial charge in [-0.1, -0.05) is 33.1 Å². The minimum Gasteiger partial charge on any atom is -0.465 e. The third kappa shape index (κ3) is 6.67. The molecule has 0 aliphatic carbocycles. The first-order valence-corrected chi connectivity index (χ1v) is 7.10. The Balaban J connectivity index is 2.00. The molecule has 0 radical (unpaired) electrons. The van der Waals surface area contributed by atoms with Crippen LogP contribution in [0.3, 0.4) is 0 Å². The highest BCUT2D eigenvalue weighted by molar-refractivity contribution is 5.71. The summed E-state index contributed by atoms with van der Waals surface area (Å²) in [6, 6.07) is 0. The monoisotopic (exact) mass is 241 g/mol. The van der Waals surface area contributed by atoms with E-state index < -0.39 is 0 Å². The van der Waals surface area contributed by atoms with E-state index in [0.29, 0.717) is 13.2 Å². The van der Waals surface area contributed by atoms with Crippen molar-refractivity contribution in [2.75, 3.05) is 26.2 Å². The van der Waals surface area contributed by atoms with Crippen LogP contribution in [0, 0.1) is 5.92 Å². The second kappa shape index (κ2) is 8.51. The normalized spacial score (nSPS) is 18.2. The fourth-order valence-corrected chi connectivity index (χ4v) is 2.16. The van der Waals surface area contributed by atoms with Crippen LogP contribution >= 0.6 is 0 Å². The maximum atomic E-state index is 11.6. The Bertz CT molecular complexity index is 210. The van der Waals surface area contributed by atoms with Gasteiger partial charge in [-0.2, -0.15) is 0 Å². The molecule has 3 heteroatoms. The van der Waals surface area contributed by atoms with Crippen LogP contribution in [0.1, 0.15) is 52.4 Å². The molecule has 0 N–H and O–H groups in total. The minimum absolute atomic E-state index is 0.0453. The fourth-order valence-electron chi connectivity index (χ4n) is 2.16. The second-order valence-electron chi connectivity index (χ2n) is 5.24. The number of carbonyl (C=O) groups is 1. The van der Waals surface area contributed by atoms with E-state index in [4.69, 9.17) is 4.74 Å². The first kappa shape index (κ1) is 14.5. The molecule has 0 aromatic carbocycles. The number of carbonyl (C=O) groups excluding carboxylic acids is 1. The van der Waals surface area contributed by atoms with E-state index in [-0.39, 0.29) is 5.97 Å². The second-order valence-corrected chi connectivity index (χ2v) is 5.24. The standard InChI is InChI=1S/C14H27NO2/c1-3-4-5-6-11-17-14(16)12-15-9-7-13(2)8-10-15/h13H,3-12H2,1-2H3. The Labute approximate surface area is 106 Å². The third-order valence-electron chi connectivity index (χ3n) is 3.49. The summed E-state index contributed by atoms with van der Waals surface area (Å²) < 4.78 is 5.24. The van der Waals surface area contributed by atoms with Crippen LogP contribution in [0.15, 0.2) is 0 Å². The van der Waals surface area contributed by atoms with Gasteiger partial charge in [-0.25, -0.2) is 0 Å². The van der Waals surface area contributed by atoms with E-state index in [9.17, 15) is 4.79 Å². The molecule has 0 aromatic heterocycles. The smallest absolute Gasteiger partial charge is 0.320 e. The van der Waals surface area contributed by atoms with Crippen molar-refractivity contribution in [1.82, 2.24) is 4.90 Å². The quantitative estimate of drug-likeness (QED) is 0.507. The molecule has 17 heavy (non-hydrogen) atoms. The highest BCUT2D eigenvalue weighted by Gasteiger charge is 2.18. The Morgan fingerprint density at radius 3 is 2.59 bits per heavy atom. The van der Waals surface area contributed by atoms with Crippen molar-refractivity contribution >= 4 is 5.97 Å². The zero-order chi connectivity index (χ0) is 12.5. The van der Waals surface area contributed by atoms with Gasteiger partial charge in [0.2, 0.25) is 0 Å². The first-order valence-electron chi connectivity index (χ1n) is 7.10. The number of likely N-dealkylation sites (tertiary alicyclic amines) is 1. The molecule has 1 saturated heterocycles. The van der Waals surface area contributed by atoms with Crippen molar-refractivity contribution in [3.8, 4) is 0 Å². The van der Waals surface area contributed by atoms with Crippen molar-refractivity contribution in [3.63, 3.8) is 0 Å². The topological polar surface area (TPSA) is 29.5 Å². The Morgan fingerprint density at radius 2 is 1.94 bits per heavy atom. The molecule has 1 rings (SSSR count). The fraction of sp³-hybridized carbons (Fsp3) is 0.929. The van der Waals surface area contributed by atoms with Crippen molar-refractivity contribution < 1.29 is 9.53 Å². The van der Waals surface area contributed by atoms with Crippen LogP contribution in [-0.2, 0) is 9.53 Å². The lowest BCUT2D eigenvalue weighted by molar-refractivity contribution is -0.145. The van der Waals surface area contributed by atoms with Gasteiger partial charge < -0.3 is 4.74 Å². The van der Waals surface area contributed by atoms with E-state index in [0.717, 1.165) is 25.4 Å². The maximum absolute atomic E-state index is 11.6. The Hall–Kier alpha value is -0.570. The number of nitrogens with zero attached hydrogens (tertiary/aromatic N) is 1. The predicted molar refractivity (Wildman–Crippen MR) is 69.9 cm³/mol. The molecule has 1 fully saturated rings. The molecule has 0 amide bonds. The summed E-state index contributed by atoms with van der Waals surface area (Å²) in [6.45, 7) is 7.65. The van der Waals surface area contributed by atoms with E-state index in [1.54, 1.807) is 0 Å². The lowest BCUT2D eigenvalue weighted by Gasteiger charge is -2.29. The van der Waals surface area contributed by atoms with Gasteiger partial charge in [0, 0.05) is 0 Å². The molecule has 0 unspecified atom stereocenters. The lowest BCUT2D eigenvalue weighted by Crippen LogP contribution is -2.37. The minimum atomic E-state index is -0.0453. The van der Waals surface area contributed by atoms with Crippen molar-refractivity contribution in [2.24, 2.45) is 5.92 Å². The molecule has 0 bridgehead atoms. The highest BCUT2D eigenvalue weighted by Crippen LogP contribution is 2.15. The molecule has 0 aromatic rings. The van der Waals surface area contributed by atoms with Gasteiger partial charge in [0.25, 0.3) is 0 Å². The van der Waals surface area contributed by atoms with Crippen LogP contribution in [0.2, 0.25) is 0 Å². The zero-order valence-electron chi connectivity index (χ0n) is 11.4. The van der Waals surface area contributed by atoms with E-state index in [1.807, 2.05) is 0 Å². The van der Waals surface area contributed by atoms with Crippen LogP contribution < -0.4 is 0 Å². The summed E-state index contributed by atoms with van der Waals surface area (Å²) in [5, 5.41) is 0. The number of esters is 1. The molecule has 100 valence electrons. The molecule has 1 aliphatic rings. The van der Waals surface area contributed by atoms with Crippen molar-refractivity contribution in [1.29, 1.82) is 0 Å². The van der Waals surface area contributed by atoms with Gasteiger partial charge in [-0.15, -0.1) is 0 Å². The van der Waals surface area contributed by atoms with Crippen molar-refractivity contribution in [3.05, 3.63) is 0 Å². The van der Waals surface area contributed by atoms with Gasteiger partial charge in [-0.3, -0.25) is 9.69 Å². The first-order chi connectivity index (χ1) is 8.22. The van der Waals surface area contributed by atoms with Crippen molar-refractivity contribution in [2.45, 2.75) is 52.4 Å². The number of ether oxygens (including phenoxy) is 1. The average Bonchev–Trinajstić information content (AvgIpc) is 2.32. The summed E-state index contributed by atoms with van der Waals surface area (Å²) in [5.41, 5.74) is 0. The summed E-state index contributed by atoms with van der Waals surface area (Å²) in [5.74, 6) is 0.771. The molecule has 0 spiro atoms. The highest BCUT2D eigenvalue weighted by atomic mass is 16.5. The maximum Gasteiger partial charge on any atom is 0.320 e.